The zero-order chi connectivity index (χ0) is 34.3. The van der Waals surface area contributed by atoms with Crippen LogP contribution in [0.3, 0.4) is 0 Å². The van der Waals surface area contributed by atoms with Gasteiger partial charge in [-0.1, -0.05) is 52.4 Å². The van der Waals surface area contributed by atoms with Crippen molar-refractivity contribution in [2.75, 3.05) is 26.9 Å². The summed E-state index contributed by atoms with van der Waals surface area (Å²) in [7, 11) is -3.43. The highest BCUT2D eigenvalue weighted by Crippen LogP contribution is 2.24. The second kappa shape index (κ2) is 25.5. The number of unbranched alkanes of at least 4 members (excludes halogenated alkanes) is 7. The first-order valence-electron chi connectivity index (χ1n) is 15.3. The third-order valence-electron chi connectivity index (χ3n) is 6.68. The second-order valence-electron chi connectivity index (χ2n) is 10.6. The molecule has 0 aliphatic rings. The quantitative estimate of drug-likeness (QED) is 0.0355. The molecule has 0 saturated carbocycles. The Morgan fingerprint density at radius 1 is 0.911 bits per heavy atom. The van der Waals surface area contributed by atoms with E-state index >= 15 is 0 Å². The lowest BCUT2D eigenvalue weighted by Crippen LogP contribution is -2.50. The zero-order valence-corrected chi connectivity index (χ0v) is 27.7. The van der Waals surface area contributed by atoms with Crippen LogP contribution >= 0.6 is 0 Å². The van der Waals surface area contributed by atoms with Crippen LogP contribution in [0.1, 0.15) is 91.4 Å². The third kappa shape index (κ3) is 21.0. The number of aliphatic hydroxyl groups is 3. The van der Waals surface area contributed by atoms with Crippen molar-refractivity contribution >= 4 is 22.3 Å². The molecule has 0 aromatic heterocycles. The van der Waals surface area contributed by atoms with Crippen molar-refractivity contribution in [1.29, 1.82) is 0 Å². The molecule has 0 heterocycles. The molecule has 0 aromatic rings. The van der Waals surface area contributed by atoms with Crippen molar-refractivity contribution in [3.8, 4) is 0 Å². The SMILES string of the molecule is CCCCCCCC(=O)NCCCCCCO[C@@H](O)C(C)C(O[C@@H](CC(C)O)OC(O)COS(=O)(=O)ON)C(OC)C(=O)ON. The minimum absolute atomic E-state index is 0.0645. The van der Waals surface area contributed by atoms with E-state index in [0.29, 0.717) is 19.4 Å². The van der Waals surface area contributed by atoms with Crippen molar-refractivity contribution in [2.24, 2.45) is 17.7 Å². The molecule has 0 aromatic carbocycles. The Morgan fingerprint density at radius 3 is 2.16 bits per heavy atom. The fourth-order valence-corrected chi connectivity index (χ4v) is 4.53. The van der Waals surface area contributed by atoms with Crippen LogP contribution in [0.4, 0.5) is 0 Å². The number of hydrogen-bond donors (Lipinski definition) is 6. The van der Waals surface area contributed by atoms with E-state index in [1.165, 1.54) is 33.8 Å². The van der Waals surface area contributed by atoms with Crippen LogP contribution in [0.2, 0.25) is 0 Å². The minimum Gasteiger partial charge on any atom is -0.393 e. The Hall–Kier alpha value is -1.55. The molecule has 268 valence electrons. The van der Waals surface area contributed by atoms with Gasteiger partial charge in [0.05, 0.1) is 6.10 Å². The van der Waals surface area contributed by atoms with Crippen molar-refractivity contribution in [1.82, 2.24) is 5.32 Å². The Labute approximate surface area is 266 Å². The van der Waals surface area contributed by atoms with Gasteiger partial charge in [-0.2, -0.15) is 24.5 Å². The van der Waals surface area contributed by atoms with Crippen LogP contribution in [0.15, 0.2) is 0 Å². The number of carbonyl (C=O) groups excluding carboxylic acids is 2. The fraction of sp³-hybridized carbons (Fsp3) is 0.926. The highest BCUT2D eigenvalue weighted by molar-refractivity contribution is 7.81. The molecule has 18 heteroatoms. The summed E-state index contributed by atoms with van der Waals surface area (Å²) in [5, 5.41) is 33.7. The highest BCUT2D eigenvalue weighted by Gasteiger charge is 2.40. The number of hydrogen-bond acceptors (Lipinski definition) is 16. The lowest BCUT2D eigenvalue weighted by atomic mass is 9.98. The van der Waals surface area contributed by atoms with Gasteiger partial charge in [0.2, 0.25) is 5.91 Å². The molecule has 0 bridgehead atoms. The van der Waals surface area contributed by atoms with E-state index < -0.39 is 66.1 Å². The van der Waals surface area contributed by atoms with E-state index in [4.69, 9.17) is 24.8 Å². The summed E-state index contributed by atoms with van der Waals surface area (Å²) >= 11 is 0. The molecule has 0 saturated heterocycles. The van der Waals surface area contributed by atoms with E-state index in [0.717, 1.165) is 38.5 Å². The van der Waals surface area contributed by atoms with Gasteiger partial charge in [-0.15, -0.1) is 0 Å². The normalized spacial score (nSPS) is 16.7. The van der Waals surface area contributed by atoms with Crippen molar-refractivity contribution < 1.29 is 65.6 Å². The Bertz CT molecular complexity index is 883. The van der Waals surface area contributed by atoms with Gasteiger partial charge in [-0.05, 0) is 26.2 Å². The lowest BCUT2D eigenvalue weighted by Gasteiger charge is -2.35. The van der Waals surface area contributed by atoms with E-state index in [1.54, 1.807) is 0 Å². The summed E-state index contributed by atoms with van der Waals surface area (Å²) < 4.78 is 52.3. The smallest absolute Gasteiger partial charge is 0.393 e. The average Bonchev–Trinajstić information content (AvgIpc) is 3.00. The number of ether oxygens (including phenoxy) is 4. The van der Waals surface area contributed by atoms with Crippen molar-refractivity contribution in [3.63, 3.8) is 0 Å². The average molecular weight is 678 g/mol. The molecule has 0 spiro atoms. The Balaban J connectivity index is 4.97. The molecule has 45 heavy (non-hydrogen) atoms. The topological polar surface area (TPSA) is 258 Å². The summed E-state index contributed by atoms with van der Waals surface area (Å²) in [6.45, 7) is 4.84. The lowest BCUT2D eigenvalue weighted by molar-refractivity contribution is -0.284. The third-order valence-corrected chi connectivity index (χ3v) is 7.34. The van der Waals surface area contributed by atoms with Crippen LogP contribution in [0.5, 0.6) is 0 Å². The molecule has 0 fully saturated rings. The largest absolute Gasteiger partial charge is 0.416 e. The highest BCUT2D eigenvalue weighted by atomic mass is 32.3. The van der Waals surface area contributed by atoms with E-state index in [-0.39, 0.29) is 18.9 Å². The van der Waals surface area contributed by atoms with Gasteiger partial charge in [0.15, 0.2) is 25.0 Å². The first-order valence-corrected chi connectivity index (χ1v) is 16.6. The zero-order valence-electron chi connectivity index (χ0n) is 26.8. The van der Waals surface area contributed by atoms with Gasteiger partial charge in [0, 0.05) is 39.0 Å². The molecule has 17 nitrogen and oxygen atoms in total. The molecule has 7 atom stereocenters. The molecular weight excluding hydrogens is 622 g/mol. The summed E-state index contributed by atoms with van der Waals surface area (Å²) in [6, 6.07) is 0. The molecular formula is C27H55N3O14S. The second-order valence-corrected chi connectivity index (χ2v) is 11.9. The van der Waals surface area contributed by atoms with Gasteiger partial charge in [-0.3, -0.25) is 4.79 Å². The van der Waals surface area contributed by atoms with Gasteiger partial charge in [0.25, 0.3) is 0 Å². The molecule has 0 aliphatic carbocycles. The van der Waals surface area contributed by atoms with Gasteiger partial charge in [-0.25, -0.2) is 8.98 Å². The van der Waals surface area contributed by atoms with Crippen molar-refractivity contribution in [2.45, 2.75) is 129 Å². The predicted octanol–water partition coefficient (Wildman–Crippen LogP) is 0.395. The van der Waals surface area contributed by atoms with Crippen LogP contribution in [-0.4, -0.2) is 99.7 Å². The maximum Gasteiger partial charge on any atom is 0.416 e. The van der Waals surface area contributed by atoms with Gasteiger partial charge < -0.3 is 44.4 Å². The number of aliphatic hydroxyl groups excluding tert-OH is 3. The first-order chi connectivity index (χ1) is 21.3. The molecule has 0 rings (SSSR count). The standard InChI is InChI=1S/C27H55N3O14S/c1-5-6-7-8-11-14-21(32)30-15-12-9-10-13-16-39-26(34)20(3)24(25(38-4)27(35)43-28)42-23(17-19(2)31)41-22(33)18-40-45(36,37)44-29/h19-20,22-26,31,33-34H,5-18,28-29H2,1-4H3,(H,30,32)/t19?,20?,22?,23-,24?,25?,26+/m0/s1. The number of methoxy groups -OCH3 is 1. The summed E-state index contributed by atoms with van der Waals surface area (Å²) in [5.74, 6) is 7.64. The number of nitrogens with one attached hydrogen (secondary N) is 1. The predicted molar refractivity (Wildman–Crippen MR) is 159 cm³/mol. The Morgan fingerprint density at radius 2 is 1.56 bits per heavy atom. The van der Waals surface area contributed by atoms with Crippen LogP contribution in [-0.2, 0) is 52.2 Å². The monoisotopic (exact) mass is 677 g/mol. The van der Waals surface area contributed by atoms with Gasteiger partial charge >= 0.3 is 16.4 Å². The molecule has 0 aliphatic heterocycles. The molecule has 5 unspecified atom stereocenters. The Kier molecular flexibility index (Phi) is 24.6. The van der Waals surface area contributed by atoms with Crippen LogP contribution in [0, 0.1) is 5.92 Å². The van der Waals surface area contributed by atoms with Crippen LogP contribution in [0.25, 0.3) is 0 Å². The van der Waals surface area contributed by atoms with E-state index in [9.17, 15) is 33.3 Å². The molecule has 0 radical (unpaired) electrons. The fourth-order valence-electron chi connectivity index (χ4n) is 4.19. The van der Waals surface area contributed by atoms with Crippen LogP contribution < -0.4 is 17.1 Å². The van der Waals surface area contributed by atoms with E-state index in [2.05, 4.69) is 31.4 Å². The minimum atomic E-state index is -4.59. The maximum atomic E-state index is 12.3. The van der Waals surface area contributed by atoms with E-state index in [1.807, 2.05) is 0 Å². The number of rotatable bonds is 29. The maximum absolute atomic E-state index is 12.3. The summed E-state index contributed by atoms with van der Waals surface area (Å²) in [5.41, 5.74) is 0. The number of nitrogens with two attached hydrogens (primary N) is 2. The number of amides is 1. The molecule has 1 amide bonds. The first kappa shape index (κ1) is 43.5. The summed E-state index contributed by atoms with van der Waals surface area (Å²) in [4.78, 5) is 28.5. The van der Waals surface area contributed by atoms with Crippen molar-refractivity contribution in [3.05, 3.63) is 0 Å². The van der Waals surface area contributed by atoms with Gasteiger partial charge in [0.1, 0.15) is 12.7 Å². The molecule has 8 N–H and O–H groups in total. The summed E-state index contributed by atoms with van der Waals surface area (Å²) in [6.07, 6.45) is 0.00213. The number of carbonyl (C=O) groups is 2.